The lowest BCUT2D eigenvalue weighted by Gasteiger charge is -2.34. The molecule has 0 spiro atoms. The fraction of sp³-hybridized carbons (Fsp3) is 0.750. The van der Waals surface area contributed by atoms with E-state index in [2.05, 4.69) is 22.4 Å². The van der Waals surface area contributed by atoms with Crippen LogP contribution in [0.5, 0.6) is 0 Å². The second-order valence-electron chi connectivity index (χ2n) is 4.94. The zero-order valence-corrected chi connectivity index (χ0v) is 11.2. The average molecular weight is 253 g/mol. The number of morpholine rings is 1. The third kappa shape index (κ3) is 3.29. The van der Waals surface area contributed by atoms with Gasteiger partial charge < -0.3 is 14.2 Å². The van der Waals surface area contributed by atoms with Crippen molar-refractivity contribution in [2.24, 2.45) is 12.9 Å². The maximum atomic E-state index is 5.79. The Morgan fingerprint density at radius 3 is 3.06 bits per heavy atom. The van der Waals surface area contributed by atoms with Gasteiger partial charge in [-0.25, -0.2) is 4.98 Å². The first-order valence-electron chi connectivity index (χ1n) is 6.43. The lowest BCUT2D eigenvalue weighted by molar-refractivity contribution is -0.0399. The molecule has 2 heterocycles. The minimum atomic E-state index is 0.161. The topological polar surface area (TPSA) is 68.3 Å². The Morgan fingerprint density at radius 1 is 1.61 bits per heavy atom. The van der Waals surface area contributed by atoms with Gasteiger partial charge in [-0.05, 0) is 13.5 Å². The molecule has 0 saturated carbocycles. The highest BCUT2D eigenvalue weighted by molar-refractivity contribution is 4.93. The number of nitrogens with one attached hydrogen (secondary N) is 1. The van der Waals surface area contributed by atoms with Crippen molar-refractivity contribution < 1.29 is 4.74 Å². The molecule has 1 aliphatic rings. The second-order valence-corrected chi connectivity index (χ2v) is 4.94. The SMILES string of the molecule is CN1CCOC(C(CCc2nccn2C)NN)C1. The van der Waals surface area contributed by atoms with Crippen molar-refractivity contribution in [3.8, 4) is 0 Å². The van der Waals surface area contributed by atoms with Gasteiger partial charge in [0.15, 0.2) is 0 Å². The first-order chi connectivity index (χ1) is 8.70. The fourth-order valence-corrected chi connectivity index (χ4v) is 2.35. The highest BCUT2D eigenvalue weighted by Gasteiger charge is 2.26. The summed E-state index contributed by atoms with van der Waals surface area (Å²) in [5.74, 6) is 6.73. The number of ether oxygens (including phenoxy) is 1. The molecule has 2 unspecified atom stereocenters. The van der Waals surface area contributed by atoms with Crippen molar-refractivity contribution in [1.82, 2.24) is 19.9 Å². The van der Waals surface area contributed by atoms with Crippen molar-refractivity contribution in [3.63, 3.8) is 0 Å². The van der Waals surface area contributed by atoms with E-state index in [-0.39, 0.29) is 12.1 Å². The van der Waals surface area contributed by atoms with Crippen LogP contribution in [0.2, 0.25) is 0 Å². The quantitative estimate of drug-likeness (QED) is 0.548. The first-order valence-corrected chi connectivity index (χ1v) is 6.43. The van der Waals surface area contributed by atoms with Crippen LogP contribution in [0, 0.1) is 0 Å². The van der Waals surface area contributed by atoms with Crippen molar-refractivity contribution in [3.05, 3.63) is 18.2 Å². The lowest BCUT2D eigenvalue weighted by atomic mass is 10.0. The molecule has 3 N–H and O–H groups in total. The van der Waals surface area contributed by atoms with Crippen LogP contribution in [0.25, 0.3) is 0 Å². The van der Waals surface area contributed by atoms with E-state index < -0.39 is 0 Å². The van der Waals surface area contributed by atoms with Crippen molar-refractivity contribution in [2.75, 3.05) is 26.7 Å². The third-order valence-electron chi connectivity index (χ3n) is 3.56. The van der Waals surface area contributed by atoms with Gasteiger partial charge in [-0.3, -0.25) is 11.3 Å². The molecule has 1 saturated heterocycles. The van der Waals surface area contributed by atoms with Gasteiger partial charge in [-0.1, -0.05) is 0 Å². The number of aromatic nitrogens is 2. The monoisotopic (exact) mass is 253 g/mol. The van der Waals surface area contributed by atoms with Gasteiger partial charge in [0.2, 0.25) is 0 Å². The molecule has 2 rings (SSSR count). The largest absolute Gasteiger partial charge is 0.374 e. The van der Waals surface area contributed by atoms with Gasteiger partial charge in [0.1, 0.15) is 5.82 Å². The Balaban J connectivity index is 1.87. The number of imidazole rings is 1. The zero-order valence-electron chi connectivity index (χ0n) is 11.2. The summed E-state index contributed by atoms with van der Waals surface area (Å²) in [6.45, 7) is 2.70. The summed E-state index contributed by atoms with van der Waals surface area (Å²) in [6.07, 6.45) is 5.78. The summed E-state index contributed by atoms with van der Waals surface area (Å²) < 4.78 is 7.83. The molecule has 1 aliphatic heterocycles. The number of rotatable bonds is 5. The predicted octanol–water partition coefficient (Wildman–Crippen LogP) is -0.485. The molecule has 6 nitrogen and oxygen atoms in total. The molecule has 18 heavy (non-hydrogen) atoms. The molecule has 102 valence electrons. The number of nitrogens with zero attached hydrogens (tertiary/aromatic N) is 3. The summed E-state index contributed by atoms with van der Waals surface area (Å²) in [4.78, 5) is 6.60. The Hall–Kier alpha value is -0.950. The summed E-state index contributed by atoms with van der Waals surface area (Å²) in [5, 5.41) is 0. The molecule has 0 amide bonds. The van der Waals surface area contributed by atoms with Crippen molar-refractivity contribution in [2.45, 2.75) is 25.0 Å². The van der Waals surface area contributed by atoms with Gasteiger partial charge in [0.25, 0.3) is 0 Å². The molecule has 6 heteroatoms. The van der Waals surface area contributed by atoms with E-state index >= 15 is 0 Å². The number of hydrazine groups is 1. The predicted molar refractivity (Wildman–Crippen MR) is 69.9 cm³/mol. The minimum absolute atomic E-state index is 0.161. The molecule has 0 bridgehead atoms. The van der Waals surface area contributed by atoms with Gasteiger partial charge in [0, 0.05) is 45.0 Å². The fourth-order valence-electron chi connectivity index (χ4n) is 2.35. The maximum absolute atomic E-state index is 5.79. The van der Waals surface area contributed by atoms with Gasteiger partial charge >= 0.3 is 0 Å². The van der Waals surface area contributed by atoms with Crippen LogP contribution in [-0.4, -0.2) is 53.3 Å². The number of aryl methyl sites for hydroxylation is 2. The lowest BCUT2D eigenvalue weighted by Crippen LogP contribution is -2.53. The average Bonchev–Trinajstić information content (AvgIpc) is 2.76. The molecule has 1 aromatic rings. The molecular weight excluding hydrogens is 230 g/mol. The second kappa shape index (κ2) is 6.29. The molecule has 0 aliphatic carbocycles. The molecule has 1 aromatic heterocycles. The highest BCUT2D eigenvalue weighted by atomic mass is 16.5. The van der Waals surface area contributed by atoms with Crippen molar-refractivity contribution in [1.29, 1.82) is 0 Å². The Labute approximate surface area is 108 Å². The number of hydrogen-bond donors (Lipinski definition) is 2. The van der Waals surface area contributed by atoms with E-state index in [9.17, 15) is 0 Å². The standard InChI is InChI=1S/C12H23N5O/c1-16-7-8-18-11(9-16)10(15-13)3-4-12-14-5-6-17(12)2/h5-6,10-11,15H,3-4,7-9,13H2,1-2H3. The summed E-state index contributed by atoms with van der Waals surface area (Å²) in [6, 6.07) is 0.171. The normalized spacial score (nSPS) is 23.2. The molecule has 1 fully saturated rings. The van der Waals surface area contributed by atoms with Crippen LogP contribution in [0.3, 0.4) is 0 Å². The Bertz CT molecular complexity index is 367. The van der Waals surface area contributed by atoms with E-state index in [0.29, 0.717) is 0 Å². The van der Waals surface area contributed by atoms with Crippen LogP contribution in [-0.2, 0) is 18.2 Å². The molecular formula is C12H23N5O. The molecule has 2 atom stereocenters. The van der Waals surface area contributed by atoms with Gasteiger partial charge in [-0.2, -0.15) is 0 Å². The summed E-state index contributed by atoms with van der Waals surface area (Å²) in [5.41, 5.74) is 2.89. The van der Waals surface area contributed by atoms with Crippen LogP contribution >= 0.6 is 0 Å². The van der Waals surface area contributed by atoms with Gasteiger partial charge in [0.05, 0.1) is 12.7 Å². The number of hydrogen-bond acceptors (Lipinski definition) is 5. The summed E-state index contributed by atoms with van der Waals surface area (Å²) in [7, 11) is 4.12. The zero-order chi connectivity index (χ0) is 13.0. The van der Waals surface area contributed by atoms with Gasteiger partial charge in [-0.15, -0.1) is 0 Å². The third-order valence-corrected chi connectivity index (χ3v) is 3.56. The van der Waals surface area contributed by atoms with E-state index in [1.807, 2.05) is 24.0 Å². The first kappa shape index (κ1) is 13.5. The number of nitrogens with two attached hydrogens (primary N) is 1. The van der Waals surface area contributed by atoms with Crippen LogP contribution in [0.1, 0.15) is 12.2 Å². The molecule has 0 aromatic carbocycles. The molecule has 0 radical (unpaired) electrons. The Morgan fingerprint density at radius 2 is 2.44 bits per heavy atom. The van der Waals surface area contributed by atoms with Crippen LogP contribution < -0.4 is 11.3 Å². The van der Waals surface area contributed by atoms with E-state index in [1.54, 1.807) is 0 Å². The van der Waals surface area contributed by atoms with E-state index in [1.165, 1.54) is 0 Å². The number of likely N-dealkylation sites (N-methyl/N-ethyl adjacent to an activating group) is 1. The van der Waals surface area contributed by atoms with Crippen molar-refractivity contribution >= 4 is 0 Å². The van der Waals surface area contributed by atoms with Crippen LogP contribution in [0.4, 0.5) is 0 Å². The van der Waals surface area contributed by atoms with E-state index in [4.69, 9.17) is 10.6 Å². The Kier molecular flexibility index (Phi) is 4.71. The highest BCUT2D eigenvalue weighted by Crippen LogP contribution is 2.12. The maximum Gasteiger partial charge on any atom is 0.108 e. The minimum Gasteiger partial charge on any atom is -0.374 e. The van der Waals surface area contributed by atoms with E-state index in [0.717, 1.165) is 38.4 Å². The smallest absolute Gasteiger partial charge is 0.108 e. The summed E-state index contributed by atoms with van der Waals surface area (Å²) >= 11 is 0. The van der Waals surface area contributed by atoms with Crippen LogP contribution in [0.15, 0.2) is 12.4 Å².